The van der Waals surface area contributed by atoms with Crippen LogP contribution in [0, 0.1) is 0 Å². The number of nitrogens with zero attached hydrogens (tertiary/aromatic N) is 2. The van der Waals surface area contributed by atoms with Crippen molar-refractivity contribution in [2.45, 2.75) is 52.2 Å². The van der Waals surface area contributed by atoms with E-state index in [1.54, 1.807) is 0 Å². The van der Waals surface area contributed by atoms with E-state index in [9.17, 15) is 0 Å². The minimum Gasteiger partial charge on any atom is -0.361 e. The van der Waals surface area contributed by atoms with Crippen molar-refractivity contribution in [3.8, 4) is 0 Å². The first-order valence-corrected chi connectivity index (χ1v) is 9.81. The summed E-state index contributed by atoms with van der Waals surface area (Å²) in [6.45, 7) is 10.8. The Morgan fingerprint density at radius 3 is 2.75 bits per heavy atom. The second kappa shape index (κ2) is 6.20. The summed E-state index contributed by atoms with van der Waals surface area (Å²) >= 11 is 0. The molecule has 3 nitrogen and oxygen atoms in total. The third-order valence-corrected chi connectivity index (χ3v) is 4.21. The number of aromatic nitrogens is 2. The van der Waals surface area contributed by atoms with Gasteiger partial charge < -0.3 is 9.30 Å². The molecule has 16 heavy (non-hydrogen) atoms. The smallest absolute Gasteiger partial charge is 0.123 e. The zero-order chi connectivity index (χ0) is 12.0. The first-order chi connectivity index (χ1) is 7.53. The second-order valence-electron chi connectivity index (χ2n) is 5.41. The molecular weight excluding hydrogens is 216 g/mol. The van der Waals surface area contributed by atoms with E-state index >= 15 is 0 Å². The summed E-state index contributed by atoms with van der Waals surface area (Å²) in [4.78, 5) is 4.33. The van der Waals surface area contributed by atoms with Gasteiger partial charge in [-0.1, -0.05) is 26.6 Å². The SMILES string of the molecule is CCCc1nccn1COCC[Si](C)(C)C. The van der Waals surface area contributed by atoms with E-state index in [0.717, 1.165) is 25.3 Å². The molecule has 1 heterocycles. The average Bonchev–Trinajstić information content (AvgIpc) is 2.60. The molecule has 0 radical (unpaired) electrons. The average molecular weight is 240 g/mol. The van der Waals surface area contributed by atoms with E-state index in [1.165, 1.54) is 6.04 Å². The van der Waals surface area contributed by atoms with Gasteiger partial charge in [-0.15, -0.1) is 0 Å². The molecule has 1 aromatic heterocycles. The quantitative estimate of drug-likeness (QED) is 0.541. The minimum absolute atomic E-state index is 0.653. The third-order valence-electron chi connectivity index (χ3n) is 2.50. The van der Waals surface area contributed by atoms with Gasteiger partial charge in [-0.2, -0.15) is 0 Å². The van der Waals surface area contributed by atoms with Gasteiger partial charge in [-0.25, -0.2) is 4.98 Å². The van der Waals surface area contributed by atoms with Crippen LogP contribution in [0.3, 0.4) is 0 Å². The van der Waals surface area contributed by atoms with Gasteiger partial charge in [0.25, 0.3) is 0 Å². The Kier molecular flexibility index (Phi) is 5.22. The predicted molar refractivity (Wildman–Crippen MR) is 70.3 cm³/mol. The Morgan fingerprint density at radius 1 is 1.38 bits per heavy atom. The molecule has 0 atom stereocenters. The molecule has 0 fully saturated rings. The second-order valence-corrected chi connectivity index (χ2v) is 11.0. The lowest BCUT2D eigenvalue weighted by molar-refractivity contribution is 0.0851. The van der Waals surface area contributed by atoms with Crippen LogP contribution in [0.5, 0.6) is 0 Å². The normalized spacial score (nSPS) is 12.0. The Hall–Kier alpha value is -0.613. The Labute approximate surface area is 99.8 Å². The molecule has 0 aliphatic rings. The topological polar surface area (TPSA) is 27.1 Å². The third kappa shape index (κ3) is 4.94. The Morgan fingerprint density at radius 2 is 2.12 bits per heavy atom. The molecule has 0 N–H and O–H groups in total. The van der Waals surface area contributed by atoms with Crippen LogP contribution < -0.4 is 0 Å². The first kappa shape index (κ1) is 13.5. The van der Waals surface area contributed by atoms with Crippen LogP contribution in [-0.4, -0.2) is 24.2 Å². The van der Waals surface area contributed by atoms with Crippen molar-refractivity contribution in [2.75, 3.05) is 6.61 Å². The van der Waals surface area contributed by atoms with E-state index in [2.05, 4.69) is 36.1 Å². The van der Waals surface area contributed by atoms with Gasteiger partial charge in [0.15, 0.2) is 0 Å². The zero-order valence-electron chi connectivity index (χ0n) is 11.0. The van der Waals surface area contributed by atoms with Gasteiger partial charge in [0.05, 0.1) is 0 Å². The van der Waals surface area contributed by atoms with Gasteiger partial charge in [0.1, 0.15) is 12.6 Å². The number of rotatable bonds is 7. The van der Waals surface area contributed by atoms with Crippen LogP contribution >= 0.6 is 0 Å². The maximum absolute atomic E-state index is 5.70. The molecule has 0 aromatic carbocycles. The van der Waals surface area contributed by atoms with Crippen molar-refractivity contribution in [3.05, 3.63) is 18.2 Å². The molecule has 92 valence electrons. The lowest BCUT2D eigenvalue weighted by Crippen LogP contribution is -2.22. The van der Waals surface area contributed by atoms with E-state index in [0.29, 0.717) is 6.73 Å². The molecule has 0 saturated carbocycles. The van der Waals surface area contributed by atoms with Crippen molar-refractivity contribution in [2.24, 2.45) is 0 Å². The molecule has 0 unspecified atom stereocenters. The van der Waals surface area contributed by atoms with E-state index in [-0.39, 0.29) is 0 Å². The van der Waals surface area contributed by atoms with Gasteiger partial charge in [0.2, 0.25) is 0 Å². The molecule has 0 aliphatic carbocycles. The van der Waals surface area contributed by atoms with E-state index in [4.69, 9.17) is 4.74 Å². The fourth-order valence-electron chi connectivity index (χ4n) is 1.45. The van der Waals surface area contributed by atoms with E-state index < -0.39 is 8.07 Å². The van der Waals surface area contributed by atoms with Crippen LogP contribution in [0.2, 0.25) is 25.7 Å². The van der Waals surface area contributed by atoms with Gasteiger partial charge in [-0.3, -0.25) is 0 Å². The van der Waals surface area contributed by atoms with Crippen molar-refractivity contribution >= 4 is 8.07 Å². The summed E-state index contributed by atoms with van der Waals surface area (Å²) in [6.07, 6.45) is 6.02. The fraction of sp³-hybridized carbons (Fsp3) is 0.750. The lowest BCUT2D eigenvalue weighted by Gasteiger charge is -2.16. The molecule has 0 aliphatic heterocycles. The molecule has 0 amide bonds. The molecule has 1 rings (SSSR count). The summed E-state index contributed by atoms with van der Waals surface area (Å²) in [5, 5.41) is 0. The highest BCUT2D eigenvalue weighted by molar-refractivity contribution is 6.76. The van der Waals surface area contributed by atoms with Crippen LogP contribution in [0.4, 0.5) is 0 Å². The first-order valence-electron chi connectivity index (χ1n) is 6.10. The van der Waals surface area contributed by atoms with Crippen molar-refractivity contribution in [1.29, 1.82) is 0 Å². The largest absolute Gasteiger partial charge is 0.361 e. The summed E-state index contributed by atoms with van der Waals surface area (Å²) in [5.74, 6) is 1.13. The number of ether oxygens (including phenoxy) is 1. The Bertz CT molecular complexity index is 304. The molecule has 0 saturated heterocycles. The van der Waals surface area contributed by atoms with Crippen LogP contribution in [-0.2, 0) is 17.9 Å². The van der Waals surface area contributed by atoms with Crippen LogP contribution in [0.1, 0.15) is 19.2 Å². The highest BCUT2D eigenvalue weighted by Crippen LogP contribution is 2.08. The standard InChI is InChI=1S/C12H24N2OSi/c1-5-6-12-13-7-8-14(12)11-15-9-10-16(2,3)4/h7-8H,5-6,9-11H2,1-4H3. The monoisotopic (exact) mass is 240 g/mol. The molecule has 4 heteroatoms. The molecular formula is C12H24N2OSi. The van der Waals surface area contributed by atoms with Gasteiger partial charge in [0, 0.05) is 33.5 Å². The number of hydrogen-bond acceptors (Lipinski definition) is 2. The summed E-state index contributed by atoms with van der Waals surface area (Å²) < 4.78 is 7.80. The molecule has 0 bridgehead atoms. The van der Waals surface area contributed by atoms with E-state index in [1.807, 2.05) is 12.4 Å². The minimum atomic E-state index is -0.958. The predicted octanol–water partition coefficient (Wildman–Crippen LogP) is 3.15. The Balaban J connectivity index is 2.29. The number of aryl methyl sites for hydroxylation is 1. The zero-order valence-corrected chi connectivity index (χ0v) is 12.0. The number of imidazole rings is 1. The molecule has 0 spiro atoms. The maximum Gasteiger partial charge on any atom is 0.123 e. The van der Waals surface area contributed by atoms with Gasteiger partial charge in [-0.05, 0) is 12.5 Å². The number of hydrogen-bond donors (Lipinski definition) is 0. The summed E-state index contributed by atoms with van der Waals surface area (Å²) in [5.41, 5.74) is 0. The van der Waals surface area contributed by atoms with Crippen molar-refractivity contribution in [3.63, 3.8) is 0 Å². The van der Waals surface area contributed by atoms with Gasteiger partial charge >= 0.3 is 0 Å². The summed E-state index contributed by atoms with van der Waals surface area (Å²) in [6, 6.07) is 1.23. The maximum atomic E-state index is 5.70. The van der Waals surface area contributed by atoms with Crippen LogP contribution in [0.15, 0.2) is 12.4 Å². The van der Waals surface area contributed by atoms with Crippen molar-refractivity contribution in [1.82, 2.24) is 9.55 Å². The molecule has 1 aromatic rings. The van der Waals surface area contributed by atoms with Crippen molar-refractivity contribution < 1.29 is 4.74 Å². The highest BCUT2D eigenvalue weighted by atomic mass is 28.3. The van der Waals surface area contributed by atoms with Crippen LogP contribution in [0.25, 0.3) is 0 Å². The lowest BCUT2D eigenvalue weighted by atomic mass is 10.3. The fourth-order valence-corrected chi connectivity index (χ4v) is 2.21. The highest BCUT2D eigenvalue weighted by Gasteiger charge is 2.12. The summed E-state index contributed by atoms with van der Waals surface area (Å²) in [7, 11) is -0.958.